The van der Waals surface area contributed by atoms with Crippen LogP contribution in [0.1, 0.15) is 23.9 Å². The van der Waals surface area contributed by atoms with E-state index < -0.39 is 6.17 Å². The Kier molecular flexibility index (Phi) is 3.57. The largest absolute Gasteiger partial charge is 0.317 e. The second kappa shape index (κ2) is 4.73. The number of thiophene rings is 1. The monoisotopic (exact) mass is 277 g/mol. The molecule has 0 spiro atoms. The molecule has 0 amide bonds. The van der Waals surface area contributed by atoms with Crippen molar-refractivity contribution in [3.63, 3.8) is 0 Å². The van der Waals surface area contributed by atoms with Crippen molar-refractivity contribution in [2.45, 2.75) is 19.0 Å². The Bertz CT molecular complexity index is 296. The van der Waals surface area contributed by atoms with Crippen LogP contribution in [0.4, 0.5) is 4.39 Å². The molecule has 1 fully saturated rings. The van der Waals surface area contributed by atoms with Crippen molar-refractivity contribution >= 4 is 27.3 Å². The van der Waals surface area contributed by atoms with Crippen LogP contribution in [0.2, 0.25) is 0 Å². The fourth-order valence-electron chi connectivity index (χ4n) is 1.85. The number of hydrogen-bond donors (Lipinski definition) is 1. The summed E-state index contributed by atoms with van der Waals surface area (Å²) in [6.45, 7) is 1.90. The summed E-state index contributed by atoms with van der Waals surface area (Å²) in [5.74, 6) is 0.200. The molecular weight excluding hydrogens is 265 g/mol. The Balaban J connectivity index is 2.07. The summed E-state index contributed by atoms with van der Waals surface area (Å²) < 4.78 is 15.0. The third-order valence-corrected chi connectivity index (χ3v) is 4.62. The molecule has 1 aliphatic rings. The van der Waals surface area contributed by atoms with Crippen molar-refractivity contribution < 1.29 is 4.39 Å². The summed E-state index contributed by atoms with van der Waals surface area (Å²) in [5.41, 5.74) is 0. The van der Waals surface area contributed by atoms with E-state index >= 15 is 0 Å². The van der Waals surface area contributed by atoms with E-state index in [2.05, 4.69) is 21.2 Å². The van der Waals surface area contributed by atoms with E-state index in [-0.39, 0.29) is 5.92 Å². The molecule has 1 aromatic heterocycles. The third kappa shape index (κ3) is 2.18. The first-order chi connectivity index (χ1) is 6.79. The Hall–Kier alpha value is 0.0700. The molecule has 4 heteroatoms. The SMILES string of the molecule is FC(c1sccc1Br)C1CCNCC1. The molecule has 1 nitrogen and oxygen atoms in total. The molecule has 2 heterocycles. The van der Waals surface area contributed by atoms with Gasteiger partial charge in [0.15, 0.2) is 0 Å². The Labute approximate surface area is 95.8 Å². The lowest BCUT2D eigenvalue weighted by atomic mass is 9.92. The maximum atomic E-state index is 14.1. The molecule has 1 unspecified atom stereocenters. The topological polar surface area (TPSA) is 12.0 Å². The lowest BCUT2D eigenvalue weighted by molar-refractivity contribution is 0.193. The van der Waals surface area contributed by atoms with Gasteiger partial charge in [0.2, 0.25) is 0 Å². The molecule has 1 saturated heterocycles. The van der Waals surface area contributed by atoms with Gasteiger partial charge in [0.05, 0.1) is 4.88 Å². The van der Waals surface area contributed by atoms with Crippen LogP contribution in [-0.2, 0) is 0 Å². The van der Waals surface area contributed by atoms with Crippen LogP contribution in [0.5, 0.6) is 0 Å². The molecule has 1 aromatic rings. The molecule has 1 atom stereocenters. The number of piperidine rings is 1. The van der Waals surface area contributed by atoms with Gasteiger partial charge < -0.3 is 5.32 Å². The summed E-state index contributed by atoms with van der Waals surface area (Å²) in [7, 11) is 0. The van der Waals surface area contributed by atoms with Gasteiger partial charge in [-0.2, -0.15) is 0 Å². The molecule has 2 rings (SSSR count). The summed E-state index contributed by atoms with van der Waals surface area (Å²) in [6.07, 6.45) is 1.11. The minimum atomic E-state index is -0.786. The third-order valence-electron chi connectivity index (χ3n) is 2.69. The van der Waals surface area contributed by atoms with Gasteiger partial charge in [-0.05, 0) is 59.2 Å². The lowest BCUT2D eigenvalue weighted by Crippen LogP contribution is -2.29. The molecule has 0 bridgehead atoms. The Morgan fingerprint density at radius 1 is 1.50 bits per heavy atom. The first-order valence-electron chi connectivity index (χ1n) is 4.86. The summed E-state index contributed by atoms with van der Waals surface area (Å²) in [6, 6.07) is 1.92. The minimum Gasteiger partial charge on any atom is -0.317 e. The fraction of sp³-hybridized carbons (Fsp3) is 0.600. The molecule has 0 radical (unpaired) electrons. The normalized spacial score (nSPS) is 21.0. The Morgan fingerprint density at radius 3 is 2.79 bits per heavy atom. The average Bonchev–Trinajstić information content (AvgIpc) is 2.65. The predicted molar refractivity (Wildman–Crippen MR) is 61.5 cm³/mol. The quantitative estimate of drug-likeness (QED) is 0.872. The van der Waals surface area contributed by atoms with Crippen molar-refractivity contribution in [1.82, 2.24) is 5.32 Å². The minimum absolute atomic E-state index is 0.200. The van der Waals surface area contributed by atoms with Gasteiger partial charge in [-0.1, -0.05) is 0 Å². The van der Waals surface area contributed by atoms with E-state index in [0.29, 0.717) is 0 Å². The van der Waals surface area contributed by atoms with E-state index in [0.717, 1.165) is 35.3 Å². The highest BCUT2D eigenvalue weighted by atomic mass is 79.9. The van der Waals surface area contributed by atoms with Gasteiger partial charge in [-0.15, -0.1) is 11.3 Å². The highest BCUT2D eigenvalue weighted by Gasteiger charge is 2.26. The molecule has 1 aliphatic heterocycles. The second-order valence-electron chi connectivity index (χ2n) is 3.62. The Morgan fingerprint density at radius 2 is 2.21 bits per heavy atom. The number of halogens is 2. The van der Waals surface area contributed by atoms with E-state index in [9.17, 15) is 4.39 Å². The molecule has 0 aromatic carbocycles. The van der Waals surface area contributed by atoms with Gasteiger partial charge in [-0.25, -0.2) is 4.39 Å². The van der Waals surface area contributed by atoms with Crippen molar-refractivity contribution in [2.75, 3.05) is 13.1 Å². The standard InChI is InChI=1S/C10H13BrFNS/c11-8-3-6-14-10(8)9(12)7-1-4-13-5-2-7/h3,6-7,9,13H,1-2,4-5H2. The fourth-order valence-corrected chi connectivity index (χ4v) is 3.51. The molecule has 78 valence electrons. The van der Waals surface area contributed by atoms with Gasteiger partial charge in [0.1, 0.15) is 6.17 Å². The zero-order valence-corrected chi connectivity index (χ0v) is 10.2. The zero-order valence-electron chi connectivity index (χ0n) is 7.80. The van der Waals surface area contributed by atoms with Crippen LogP contribution in [0.15, 0.2) is 15.9 Å². The van der Waals surface area contributed by atoms with Gasteiger partial charge in [-0.3, -0.25) is 0 Å². The smallest absolute Gasteiger partial charge is 0.138 e. The first-order valence-corrected chi connectivity index (χ1v) is 6.54. The molecule has 1 N–H and O–H groups in total. The second-order valence-corrected chi connectivity index (χ2v) is 5.42. The van der Waals surface area contributed by atoms with E-state index in [1.165, 1.54) is 11.3 Å². The first kappa shape index (κ1) is 10.6. The molecule has 0 aliphatic carbocycles. The van der Waals surface area contributed by atoms with Crippen LogP contribution in [0.25, 0.3) is 0 Å². The van der Waals surface area contributed by atoms with E-state index in [1.54, 1.807) is 0 Å². The summed E-state index contributed by atoms with van der Waals surface area (Å²) in [4.78, 5) is 0.858. The van der Waals surface area contributed by atoms with Crippen LogP contribution >= 0.6 is 27.3 Å². The van der Waals surface area contributed by atoms with Gasteiger partial charge in [0.25, 0.3) is 0 Å². The van der Waals surface area contributed by atoms with Crippen molar-refractivity contribution in [2.24, 2.45) is 5.92 Å². The molecular formula is C10H13BrFNS. The average molecular weight is 278 g/mol. The zero-order chi connectivity index (χ0) is 9.97. The molecule has 0 saturated carbocycles. The van der Waals surface area contributed by atoms with Gasteiger partial charge >= 0.3 is 0 Å². The van der Waals surface area contributed by atoms with Crippen molar-refractivity contribution in [3.8, 4) is 0 Å². The highest BCUT2D eigenvalue weighted by Crippen LogP contribution is 2.39. The lowest BCUT2D eigenvalue weighted by Gasteiger charge is -2.25. The number of alkyl halides is 1. The van der Waals surface area contributed by atoms with Crippen molar-refractivity contribution in [3.05, 3.63) is 20.8 Å². The maximum absolute atomic E-state index is 14.1. The predicted octanol–water partition coefficient (Wildman–Crippen LogP) is 3.52. The van der Waals surface area contributed by atoms with Crippen LogP contribution in [-0.4, -0.2) is 13.1 Å². The highest BCUT2D eigenvalue weighted by molar-refractivity contribution is 9.10. The maximum Gasteiger partial charge on any atom is 0.138 e. The van der Waals surface area contributed by atoms with Crippen LogP contribution < -0.4 is 5.32 Å². The van der Waals surface area contributed by atoms with Crippen LogP contribution in [0.3, 0.4) is 0 Å². The summed E-state index contributed by atoms with van der Waals surface area (Å²) in [5, 5.41) is 5.19. The van der Waals surface area contributed by atoms with Gasteiger partial charge in [0, 0.05) is 4.47 Å². The van der Waals surface area contributed by atoms with E-state index in [4.69, 9.17) is 0 Å². The van der Waals surface area contributed by atoms with Crippen LogP contribution in [0, 0.1) is 5.92 Å². The van der Waals surface area contributed by atoms with E-state index in [1.807, 2.05) is 11.4 Å². The van der Waals surface area contributed by atoms with Crippen molar-refractivity contribution in [1.29, 1.82) is 0 Å². The number of hydrogen-bond acceptors (Lipinski definition) is 2. The molecule has 14 heavy (non-hydrogen) atoms. The summed E-state index contributed by atoms with van der Waals surface area (Å²) >= 11 is 4.90. The number of nitrogens with one attached hydrogen (secondary N) is 1. The number of rotatable bonds is 2.